The van der Waals surface area contributed by atoms with Gasteiger partial charge in [-0.05, 0) is 0 Å². The van der Waals surface area contributed by atoms with E-state index in [9.17, 15) is 9.59 Å². The van der Waals surface area contributed by atoms with Gasteiger partial charge in [0.2, 0.25) is 11.5 Å². The van der Waals surface area contributed by atoms with Gasteiger partial charge in [0.25, 0.3) is 10.9 Å². The van der Waals surface area contributed by atoms with E-state index in [0.717, 1.165) is 0 Å². The number of fused-ring (bicyclic) bond motifs is 1. The predicted molar refractivity (Wildman–Crippen MR) is 37.0 cm³/mol. The van der Waals surface area contributed by atoms with E-state index >= 15 is 0 Å². The summed E-state index contributed by atoms with van der Waals surface area (Å²) in [5, 5.41) is 0. The van der Waals surface area contributed by atoms with Gasteiger partial charge in [-0.1, -0.05) is 0 Å². The van der Waals surface area contributed by atoms with Crippen LogP contribution in [0.15, 0.2) is 9.59 Å². The first-order valence-corrected chi connectivity index (χ1v) is 3.39. The standard InChI is InChI=1S/C7H6O4/c8-4-5(9)7-6(4)10-2-1-3-11-7/h1-3H2. The fourth-order valence-corrected chi connectivity index (χ4v) is 1.02. The molecule has 4 nitrogen and oxygen atoms in total. The maximum atomic E-state index is 10.7. The normalized spacial score (nSPS) is 16.4. The molecule has 1 aromatic rings. The number of hydrogen-bond acceptors (Lipinski definition) is 4. The van der Waals surface area contributed by atoms with E-state index in [1.807, 2.05) is 0 Å². The number of ether oxygens (including phenoxy) is 2. The lowest BCUT2D eigenvalue weighted by Crippen LogP contribution is -2.32. The molecule has 0 spiro atoms. The highest BCUT2D eigenvalue weighted by molar-refractivity contribution is 5.46. The monoisotopic (exact) mass is 154 g/mol. The van der Waals surface area contributed by atoms with Gasteiger partial charge < -0.3 is 9.47 Å². The molecule has 0 N–H and O–H groups in total. The predicted octanol–water partition coefficient (Wildman–Crippen LogP) is -0.556. The van der Waals surface area contributed by atoms with Crippen LogP contribution in [0, 0.1) is 0 Å². The Labute approximate surface area is 62.0 Å². The Balaban J connectivity index is 2.45. The second-order valence-electron chi connectivity index (χ2n) is 2.37. The van der Waals surface area contributed by atoms with Crippen molar-refractivity contribution in [3.8, 4) is 11.5 Å². The van der Waals surface area contributed by atoms with Crippen LogP contribution in [0.4, 0.5) is 0 Å². The zero-order chi connectivity index (χ0) is 7.84. The van der Waals surface area contributed by atoms with Crippen LogP contribution in [0.3, 0.4) is 0 Å². The van der Waals surface area contributed by atoms with Crippen LogP contribution in [0.5, 0.6) is 11.5 Å². The highest BCUT2D eigenvalue weighted by Gasteiger charge is 2.25. The van der Waals surface area contributed by atoms with Crippen LogP contribution in [0.1, 0.15) is 6.42 Å². The van der Waals surface area contributed by atoms with Crippen LogP contribution < -0.4 is 20.3 Å². The van der Waals surface area contributed by atoms with Crippen molar-refractivity contribution in [1.29, 1.82) is 0 Å². The average molecular weight is 154 g/mol. The Morgan fingerprint density at radius 2 is 1.36 bits per heavy atom. The smallest absolute Gasteiger partial charge is 0.275 e. The molecule has 1 aliphatic rings. The van der Waals surface area contributed by atoms with Crippen molar-refractivity contribution in [2.24, 2.45) is 0 Å². The van der Waals surface area contributed by atoms with Gasteiger partial charge in [0.1, 0.15) is 0 Å². The summed E-state index contributed by atoms with van der Waals surface area (Å²) in [7, 11) is 0. The van der Waals surface area contributed by atoms with Crippen molar-refractivity contribution in [3.05, 3.63) is 20.4 Å². The van der Waals surface area contributed by atoms with Crippen molar-refractivity contribution >= 4 is 0 Å². The van der Waals surface area contributed by atoms with Crippen LogP contribution in [-0.4, -0.2) is 13.2 Å². The highest BCUT2D eigenvalue weighted by atomic mass is 16.5. The van der Waals surface area contributed by atoms with Crippen molar-refractivity contribution in [3.63, 3.8) is 0 Å². The van der Waals surface area contributed by atoms with Crippen LogP contribution in [0.2, 0.25) is 0 Å². The third-order valence-corrected chi connectivity index (χ3v) is 1.61. The molecule has 0 radical (unpaired) electrons. The molecule has 1 heterocycles. The van der Waals surface area contributed by atoms with Gasteiger partial charge in [-0.25, -0.2) is 0 Å². The average Bonchev–Trinajstić information content (AvgIpc) is 2.25. The summed E-state index contributed by atoms with van der Waals surface area (Å²) in [4.78, 5) is 21.5. The second kappa shape index (κ2) is 2.08. The van der Waals surface area contributed by atoms with Crippen molar-refractivity contribution in [2.45, 2.75) is 6.42 Å². The first-order chi connectivity index (χ1) is 5.30. The molecule has 11 heavy (non-hydrogen) atoms. The second-order valence-corrected chi connectivity index (χ2v) is 2.37. The molecule has 1 aliphatic heterocycles. The summed E-state index contributed by atoms with van der Waals surface area (Å²) in [6, 6.07) is 0. The molecule has 0 amide bonds. The van der Waals surface area contributed by atoms with E-state index in [1.54, 1.807) is 0 Å². The zero-order valence-corrected chi connectivity index (χ0v) is 5.75. The Morgan fingerprint density at radius 1 is 0.909 bits per heavy atom. The number of hydrogen-bond donors (Lipinski definition) is 0. The van der Waals surface area contributed by atoms with Gasteiger partial charge >= 0.3 is 0 Å². The molecule has 0 atom stereocenters. The Kier molecular flexibility index (Phi) is 1.21. The van der Waals surface area contributed by atoms with E-state index < -0.39 is 10.9 Å². The molecule has 0 aliphatic carbocycles. The van der Waals surface area contributed by atoms with Gasteiger partial charge in [0.05, 0.1) is 13.2 Å². The van der Waals surface area contributed by atoms with E-state index in [2.05, 4.69) is 0 Å². The molecule has 1 aromatic carbocycles. The van der Waals surface area contributed by atoms with Crippen LogP contribution in [-0.2, 0) is 0 Å². The fraction of sp³-hybridized carbons (Fsp3) is 0.429. The molecule has 0 fully saturated rings. The van der Waals surface area contributed by atoms with Crippen molar-refractivity contribution < 1.29 is 9.47 Å². The Morgan fingerprint density at radius 3 is 1.82 bits per heavy atom. The summed E-state index contributed by atoms with van der Waals surface area (Å²) < 4.78 is 9.94. The lowest BCUT2D eigenvalue weighted by molar-refractivity contribution is 0.298. The minimum atomic E-state index is -0.554. The van der Waals surface area contributed by atoms with E-state index in [0.29, 0.717) is 19.6 Å². The lowest BCUT2D eigenvalue weighted by Gasteiger charge is -2.05. The van der Waals surface area contributed by atoms with Crippen molar-refractivity contribution in [1.82, 2.24) is 0 Å². The largest absolute Gasteiger partial charge is 0.486 e. The summed E-state index contributed by atoms with van der Waals surface area (Å²) >= 11 is 0. The molecule has 58 valence electrons. The van der Waals surface area contributed by atoms with Gasteiger partial charge in [-0.3, -0.25) is 9.59 Å². The van der Waals surface area contributed by atoms with E-state index in [1.165, 1.54) is 0 Å². The Bertz CT molecular complexity index is 311. The lowest BCUT2D eigenvalue weighted by atomic mass is 10.2. The minimum absolute atomic E-state index is 0.118. The molecular weight excluding hydrogens is 148 g/mol. The highest BCUT2D eigenvalue weighted by Crippen LogP contribution is 2.22. The number of rotatable bonds is 0. The van der Waals surface area contributed by atoms with Gasteiger partial charge in [0.15, 0.2) is 0 Å². The van der Waals surface area contributed by atoms with E-state index in [4.69, 9.17) is 9.47 Å². The molecule has 2 rings (SSSR count). The van der Waals surface area contributed by atoms with Crippen LogP contribution in [0.25, 0.3) is 0 Å². The maximum Gasteiger partial charge on any atom is 0.275 e. The van der Waals surface area contributed by atoms with Gasteiger partial charge in [-0.15, -0.1) is 0 Å². The molecule has 4 heteroatoms. The van der Waals surface area contributed by atoms with Crippen LogP contribution >= 0.6 is 0 Å². The van der Waals surface area contributed by atoms with E-state index in [-0.39, 0.29) is 11.5 Å². The third kappa shape index (κ3) is 0.753. The summed E-state index contributed by atoms with van der Waals surface area (Å²) in [6.45, 7) is 0.912. The Hall–Kier alpha value is -1.32. The van der Waals surface area contributed by atoms with Gasteiger partial charge in [-0.2, -0.15) is 0 Å². The molecule has 0 bridgehead atoms. The first-order valence-electron chi connectivity index (χ1n) is 3.39. The maximum absolute atomic E-state index is 10.7. The SMILES string of the molecule is O=c1c2c(c1=O)OCCCO2. The zero-order valence-electron chi connectivity index (χ0n) is 5.75. The summed E-state index contributed by atoms with van der Waals surface area (Å²) in [5.74, 6) is 0.236. The third-order valence-electron chi connectivity index (χ3n) is 1.61. The van der Waals surface area contributed by atoms with Crippen molar-refractivity contribution in [2.75, 3.05) is 13.2 Å². The molecule has 0 unspecified atom stereocenters. The minimum Gasteiger partial charge on any atom is -0.486 e. The molecular formula is C7H6O4. The fourth-order valence-electron chi connectivity index (χ4n) is 1.02. The summed E-state index contributed by atoms with van der Waals surface area (Å²) in [6.07, 6.45) is 0.716. The quantitative estimate of drug-likeness (QED) is 0.470. The first kappa shape index (κ1) is 6.39. The summed E-state index contributed by atoms with van der Waals surface area (Å²) in [5.41, 5.74) is -1.11. The molecule has 0 saturated heterocycles. The molecule has 0 saturated carbocycles. The topological polar surface area (TPSA) is 52.6 Å². The molecule has 0 aromatic heterocycles. The van der Waals surface area contributed by atoms with Gasteiger partial charge in [0, 0.05) is 6.42 Å².